The lowest BCUT2D eigenvalue weighted by atomic mass is 10.0. The predicted octanol–water partition coefficient (Wildman–Crippen LogP) is 5.39. The average molecular weight is 811 g/mol. The standard InChI is InChI=1S/C42H47FN6O6SSi/c1-28-36-38(51)48(33-18-13-23-46(5)37(33)50)41(52)47(40(36)56-39(28)49-44-21-22-45-49)27-35(32-26-29(43)19-20-34(32)53-6)54-24-25-55-57(42(2,3)4,30-14-9-7-10-15-30)31-16-11-8-12-17-31/h7-12,14-17,19-22,26,33,35H,13,18,23-25,27H2,1-6H3/t33?,35-/m0/s1. The van der Waals surface area contributed by atoms with E-state index < -0.39 is 37.5 Å². The van der Waals surface area contributed by atoms with Crippen molar-refractivity contribution in [1.29, 1.82) is 0 Å². The van der Waals surface area contributed by atoms with Crippen molar-refractivity contribution in [3.63, 3.8) is 0 Å². The van der Waals surface area contributed by atoms with Crippen LogP contribution in [0.5, 0.6) is 5.75 Å². The molecule has 7 rings (SSSR count). The van der Waals surface area contributed by atoms with Crippen molar-refractivity contribution in [3.05, 3.63) is 129 Å². The van der Waals surface area contributed by atoms with E-state index in [1.54, 1.807) is 18.9 Å². The number of amides is 1. The van der Waals surface area contributed by atoms with Crippen LogP contribution in [0.1, 0.15) is 56.9 Å². The van der Waals surface area contributed by atoms with Crippen molar-refractivity contribution in [2.75, 3.05) is 33.9 Å². The highest BCUT2D eigenvalue weighted by atomic mass is 32.1. The van der Waals surface area contributed by atoms with Crippen LogP contribution in [0.4, 0.5) is 4.39 Å². The molecule has 1 fully saturated rings. The van der Waals surface area contributed by atoms with Crippen molar-refractivity contribution in [3.8, 4) is 10.8 Å². The molecule has 1 aliphatic rings. The van der Waals surface area contributed by atoms with E-state index in [-0.39, 0.29) is 36.1 Å². The number of hydrogen-bond donors (Lipinski definition) is 0. The first kappa shape index (κ1) is 40.0. The molecule has 0 saturated carbocycles. The monoisotopic (exact) mass is 810 g/mol. The highest BCUT2D eigenvalue weighted by Crippen LogP contribution is 2.38. The number of nitrogens with zero attached hydrogens (tertiary/aromatic N) is 6. The zero-order chi connectivity index (χ0) is 40.5. The summed E-state index contributed by atoms with van der Waals surface area (Å²) in [4.78, 5) is 46.0. The quantitative estimate of drug-likeness (QED) is 0.113. The molecule has 15 heteroatoms. The summed E-state index contributed by atoms with van der Waals surface area (Å²) >= 11 is 1.19. The molecule has 2 atom stereocenters. The van der Waals surface area contributed by atoms with E-state index in [0.717, 1.165) is 14.9 Å². The lowest BCUT2D eigenvalue weighted by Crippen LogP contribution is -2.66. The highest BCUT2D eigenvalue weighted by Gasteiger charge is 2.50. The van der Waals surface area contributed by atoms with Gasteiger partial charge in [0, 0.05) is 24.7 Å². The number of methoxy groups -OCH3 is 1. The number of piperidine rings is 1. The van der Waals surface area contributed by atoms with E-state index in [1.807, 2.05) is 36.4 Å². The number of benzene rings is 3. The first-order valence-electron chi connectivity index (χ1n) is 19.0. The molecule has 3 aromatic heterocycles. The number of carbonyl (C=O) groups is 1. The number of likely N-dealkylation sites (N-methyl/N-ethyl adjacent to an activating group) is 1. The molecule has 1 saturated heterocycles. The van der Waals surface area contributed by atoms with E-state index in [2.05, 4.69) is 55.2 Å². The predicted molar refractivity (Wildman–Crippen MR) is 221 cm³/mol. The summed E-state index contributed by atoms with van der Waals surface area (Å²) in [6.45, 7) is 8.99. The summed E-state index contributed by atoms with van der Waals surface area (Å²) in [5.41, 5.74) is -0.298. The fraction of sp³-hybridized carbons (Fsp3) is 0.357. The molecule has 298 valence electrons. The molecule has 1 unspecified atom stereocenters. The molecule has 0 radical (unpaired) electrons. The van der Waals surface area contributed by atoms with Gasteiger partial charge in [-0.05, 0) is 53.4 Å². The molecule has 1 aliphatic heterocycles. The third-order valence-electron chi connectivity index (χ3n) is 10.8. The number of aromatic nitrogens is 5. The van der Waals surface area contributed by atoms with E-state index in [9.17, 15) is 14.4 Å². The number of halogens is 1. The fourth-order valence-electron chi connectivity index (χ4n) is 8.06. The SMILES string of the molecule is COc1ccc(F)cc1[C@H](Cn1c(=O)n(C2CCCN(C)C2=O)c(=O)c2c(C)c(-n3nccn3)sc21)OCCO[Si](c1ccccc1)(c1ccccc1)C(C)(C)C. The van der Waals surface area contributed by atoms with Gasteiger partial charge in [0.1, 0.15) is 33.5 Å². The summed E-state index contributed by atoms with van der Waals surface area (Å²) < 4.78 is 37.2. The second-order valence-corrected chi connectivity index (χ2v) is 20.6. The van der Waals surface area contributed by atoms with Crippen molar-refractivity contribution < 1.29 is 23.1 Å². The largest absolute Gasteiger partial charge is 0.496 e. The Morgan fingerprint density at radius 3 is 2.21 bits per heavy atom. The molecule has 12 nitrogen and oxygen atoms in total. The summed E-state index contributed by atoms with van der Waals surface area (Å²) in [6, 6.07) is 23.7. The van der Waals surface area contributed by atoms with Crippen LogP contribution in [0.25, 0.3) is 15.2 Å². The van der Waals surface area contributed by atoms with Gasteiger partial charge in [0.05, 0.1) is 44.6 Å². The Bertz CT molecular complexity index is 2440. The maximum Gasteiger partial charge on any atom is 0.332 e. The Labute approximate surface area is 335 Å². The first-order valence-corrected chi connectivity index (χ1v) is 21.7. The molecule has 0 aliphatic carbocycles. The topological polar surface area (TPSA) is 123 Å². The van der Waals surface area contributed by atoms with Gasteiger partial charge >= 0.3 is 5.69 Å². The molecule has 0 bridgehead atoms. The minimum Gasteiger partial charge on any atom is -0.496 e. The number of hydrogen-bond acceptors (Lipinski definition) is 9. The van der Waals surface area contributed by atoms with Crippen LogP contribution >= 0.6 is 11.3 Å². The maximum atomic E-state index is 15.1. The van der Waals surface area contributed by atoms with Gasteiger partial charge in [0.15, 0.2) is 0 Å². The van der Waals surface area contributed by atoms with Gasteiger partial charge in [-0.1, -0.05) is 92.8 Å². The lowest BCUT2D eigenvalue weighted by Gasteiger charge is -2.43. The van der Waals surface area contributed by atoms with Crippen LogP contribution in [-0.2, 0) is 20.5 Å². The minimum absolute atomic E-state index is 0.0736. The smallest absolute Gasteiger partial charge is 0.332 e. The Hall–Kier alpha value is -5.22. The Balaban J connectivity index is 1.33. The summed E-state index contributed by atoms with van der Waals surface area (Å²) in [5.74, 6) is -0.464. The van der Waals surface area contributed by atoms with Crippen LogP contribution in [-0.4, -0.2) is 77.2 Å². The van der Waals surface area contributed by atoms with Crippen molar-refractivity contribution in [2.24, 2.45) is 0 Å². The Morgan fingerprint density at radius 2 is 1.60 bits per heavy atom. The van der Waals surface area contributed by atoms with Crippen molar-refractivity contribution in [1.82, 2.24) is 29.0 Å². The van der Waals surface area contributed by atoms with Gasteiger partial charge in [-0.15, -0.1) is 4.80 Å². The zero-order valence-corrected chi connectivity index (χ0v) is 34.8. The summed E-state index contributed by atoms with van der Waals surface area (Å²) in [5, 5.41) is 11.4. The number of ether oxygens (including phenoxy) is 2. The number of thiophene rings is 1. The van der Waals surface area contributed by atoms with Crippen LogP contribution in [0, 0.1) is 12.7 Å². The third kappa shape index (κ3) is 7.40. The molecular formula is C42H47FN6O6SSi. The second kappa shape index (κ2) is 16.3. The van der Waals surface area contributed by atoms with E-state index in [4.69, 9.17) is 13.9 Å². The molecule has 0 N–H and O–H groups in total. The second-order valence-electron chi connectivity index (χ2n) is 15.3. The number of likely N-dealkylation sites (tertiary alicyclic amines) is 1. The number of fused-ring (bicyclic) bond motifs is 1. The van der Waals surface area contributed by atoms with Crippen molar-refractivity contribution in [2.45, 2.75) is 64.3 Å². The molecule has 57 heavy (non-hydrogen) atoms. The first-order chi connectivity index (χ1) is 27.4. The maximum absolute atomic E-state index is 15.1. The summed E-state index contributed by atoms with van der Waals surface area (Å²) in [7, 11) is 0.229. The van der Waals surface area contributed by atoms with Gasteiger partial charge < -0.3 is 18.8 Å². The Morgan fingerprint density at radius 1 is 0.947 bits per heavy atom. The van der Waals surface area contributed by atoms with E-state index in [0.29, 0.717) is 46.1 Å². The van der Waals surface area contributed by atoms with Gasteiger partial charge in [-0.2, -0.15) is 10.2 Å². The van der Waals surface area contributed by atoms with Gasteiger partial charge in [-0.25, -0.2) is 13.8 Å². The molecular weight excluding hydrogens is 764 g/mol. The third-order valence-corrected chi connectivity index (χ3v) is 17.1. The molecule has 3 aromatic carbocycles. The molecule has 0 spiro atoms. The van der Waals surface area contributed by atoms with Crippen LogP contribution in [0.2, 0.25) is 5.04 Å². The highest BCUT2D eigenvalue weighted by molar-refractivity contribution is 7.21. The van der Waals surface area contributed by atoms with Crippen LogP contribution in [0.3, 0.4) is 0 Å². The van der Waals surface area contributed by atoms with Crippen LogP contribution in [0.15, 0.2) is 101 Å². The van der Waals surface area contributed by atoms with E-state index in [1.165, 1.54) is 58.4 Å². The van der Waals surface area contributed by atoms with Gasteiger partial charge in [-0.3, -0.25) is 14.2 Å². The van der Waals surface area contributed by atoms with Crippen molar-refractivity contribution >= 4 is 46.2 Å². The van der Waals surface area contributed by atoms with E-state index >= 15 is 4.39 Å². The lowest BCUT2D eigenvalue weighted by molar-refractivity contribution is -0.136. The molecule has 4 heterocycles. The van der Waals surface area contributed by atoms with Gasteiger partial charge in [0.2, 0.25) is 5.91 Å². The molecule has 1 amide bonds. The average Bonchev–Trinajstić information content (AvgIpc) is 3.86. The number of rotatable bonds is 13. The number of carbonyl (C=O) groups excluding carboxylic acids is 1. The zero-order valence-electron chi connectivity index (χ0n) is 33.0. The fourth-order valence-corrected chi connectivity index (χ4v) is 13.8. The van der Waals surface area contributed by atoms with Gasteiger partial charge in [0.25, 0.3) is 13.9 Å². The summed E-state index contributed by atoms with van der Waals surface area (Å²) in [6.07, 6.45) is 3.06. The Kier molecular flexibility index (Phi) is 11.5. The molecule has 6 aromatic rings. The normalized spacial score (nSPS) is 15.7. The minimum atomic E-state index is -2.93. The number of aryl methyl sites for hydroxylation is 1. The van der Waals surface area contributed by atoms with Crippen LogP contribution < -0.4 is 26.4 Å².